The molecular weight excluding hydrogens is 160 g/mol. The van der Waals surface area contributed by atoms with Crippen molar-refractivity contribution >= 4 is 5.78 Å². The molecule has 0 saturated carbocycles. The number of ketones is 1. The number of hydrogen-bond acceptors (Lipinski definition) is 1. The maximum atomic E-state index is 10.9. The third-order valence-electron chi connectivity index (χ3n) is 1.72. The van der Waals surface area contributed by atoms with Crippen LogP contribution in [-0.4, -0.2) is 5.78 Å². The molecule has 0 spiro atoms. The highest BCUT2D eigenvalue weighted by Crippen LogP contribution is 2.00. The summed E-state index contributed by atoms with van der Waals surface area (Å²) in [6.07, 6.45) is 0.485. The van der Waals surface area contributed by atoms with Crippen molar-refractivity contribution < 1.29 is 4.79 Å². The second-order valence-corrected chi connectivity index (χ2v) is 2.89. The first-order valence-electron chi connectivity index (χ1n) is 4.34. The zero-order valence-corrected chi connectivity index (χ0v) is 7.92. The lowest BCUT2D eigenvalue weighted by Gasteiger charge is -1.90. The highest BCUT2D eigenvalue weighted by molar-refractivity contribution is 5.95. The minimum Gasteiger partial charge on any atom is -0.285 e. The molecule has 66 valence electrons. The molecular formula is C12H12O. The Morgan fingerprint density at radius 1 is 1.31 bits per heavy atom. The summed E-state index contributed by atoms with van der Waals surface area (Å²) < 4.78 is 0. The van der Waals surface area contributed by atoms with Crippen molar-refractivity contribution in [1.29, 1.82) is 0 Å². The lowest BCUT2D eigenvalue weighted by molar-refractivity contribution is -0.113. The van der Waals surface area contributed by atoms with Gasteiger partial charge in [-0.3, -0.25) is 4.79 Å². The number of hydrogen-bond donors (Lipinski definition) is 0. The predicted molar refractivity (Wildman–Crippen MR) is 53.4 cm³/mol. The van der Waals surface area contributed by atoms with Gasteiger partial charge in [0, 0.05) is 12.0 Å². The van der Waals surface area contributed by atoms with Gasteiger partial charge in [-0.1, -0.05) is 30.5 Å². The van der Waals surface area contributed by atoms with Crippen molar-refractivity contribution in [2.45, 2.75) is 20.3 Å². The molecule has 1 heteroatoms. The van der Waals surface area contributed by atoms with Crippen LogP contribution in [0.1, 0.15) is 24.5 Å². The van der Waals surface area contributed by atoms with Crippen LogP contribution < -0.4 is 0 Å². The molecule has 0 unspecified atom stereocenters. The molecule has 1 rings (SSSR count). The number of carbonyl (C=O) groups is 1. The number of Topliss-reactive ketones (excluding diaryl/α,β-unsaturated/α-hetero) is 1. The predicted octanol–water partition coefficient (Wildman–Crippen LogP) is 2.33. The van der Waals surface area contributed by atoms with E-state index < -0.39 is 0 Å². The van der Waals surface area contributed by atoms with Gasteiger partial charge in [0.15, 0.2) is 0 Å². The summed E-state index contributed by atoms with van der Waals surface area (Å²) in [6, 6.07) is 7.82. The Balaban J connectivity index is 2.78. The smallest absolute Gasteiger partial charge is 0.205 e. The minimum atomic E-state index is -0.0134. The minimum absolute atomic E-state index is 0.0134. The molecule has 0 radical (unpaired) electrons. The van der Waals surface area contributed by atoms with Crippen LogP contribution in [0, 0.1) is 18.8 Å². The average molecular weight is 172 g/mol. The molecule has 13 heavy (non-hydrogen) atoms. The van der Waals surface area contributed by atoms with Crippen molar-refractivity contribution in [2.75, 3.05) is 0 Å². The van der Waals surface area contributed by atoms with Gasteiger partial charge in [0.2, 0.25) is 5.78 Å². The van der Waals surface area contributed by atoms with Gasteiger partial charge in [-0.15, -0.1) is 0 Å². The Morgan fingerprint density at radius 2 is 1.92 bits per heavy atom. The third-order valence-corrected chi connectivity index (χ3v) is 1.72. The fourth-order valence-electron chi connectivity index (χ4n) is 0.867. The maximum Gasteiger partial charge on any atom is 0.205 e. The van der Waals surface area contributed by atoms with Crippen molar-refractivity contribution in [3.8, 4) is 11.8 Å². The van der Waals surface area contributed by atoms with E-state index in [-0.39, 0.29) is 5.78 Å². The molecule has 0 bridgehead atoms. The van der Waals surface area contributed by atoms with Gasteiger partial charge in [0.05, 0.1) is 0 Å². The van der Waals surface area contributed by atoms with Gasteiger partial charge in [0.25, 0.3) is 0 Å². The molecule has 1 aromatic carbocycles. The number of rotatable bonds is 1. The lowest BCUT2D eigenvalue weighted by Crippen LogP contribution is -1.88. The van der Waals surface area contributed by atoms with E-state index in [1.807, 2.05) is 38.1 Å². The Bertz CT molecular complexity index is 349. The molecule has 0 saturated heterocycles. The largest absolute Gasteiger partial charge is 0.285 e. The fraction of sp³-hybridized carbons (Fsp3) is 0.250. The van der Waals surface area contributed by atoms with Gasteiger partial charge < -0.3 is 0 Å². The Kier molecular flexibility index (Phi) is 3.28. The van der Waals surface area contributed by atoms with E-state index in [1.54, 1.807) is 0 Å². The zero-order chi connectivity index (χ0) is 9.68. The van der Waals surface area contributed by atoms with Gasteiger partial charge in [0.1, 0.15) is 0 Å². The SMILES string of the molecule is CCC(=O)C#Cc1ccc(C)cc1. The molecule has 0 atom stereocenters. The van der Waals surface area contributed by atoms with Crippen molar-refractivity contribution in [1.82, 2.24) is 0 Å². The summed E-state index contributed by atoms with van der Waals surface area (Å²) in [4.78, 5) is 10.9. The summed E-state index contributed by atoms with van der Waals surface area (Å²) in [7, 11) is 0. The lowest BCUT2D eigenvalue weighted by atomic mass is 10.1. The average Bonchev–Trinajstić information content (AvgIpc) is 2.16. The molecule has 1 nitrogen and oxygen atoms in total. The normalized spacial score (nSPS) is 8.77. The molecule has 0 heterocycles. The highest BCUT2D eigenvalue weighted by atomic mass is 16.1. The quantitative estimate of drug-likeness (QED) is 0.594. The third kappa shape index (κ3) is 3.13. The van der Waals surface area contributed by atoms with E-state index in [1.165, 1.54) is 5.56 Å². The Morgan fingerprint density at radius 3 is 2.46 bits per heavy atom. The van der Waals surface area contributed by atoms with Crippen LogP contribution >= 0.6 is 0 Å². The van der Waals surface area contributed by atoms with Crippen LogP contribution in [0.5, 0.6) is 0 Å². The summed E-state index contributed by atoms with van der Waals surface area (Å²) in [5.41, 5.74) is 2.10. The highest BCUT2D eigenvalue weighted by Gasteiger charge is 1.89. The van der Waals surface area contributed by atoms with E-state index in [0.29, 0.717) is 6.42 Å². The van der Waals surface area contributed by atoms with Gasteiger partial charge >= 0.3 is 0 Å². The molecule has 0 aliphatic carbocycles. The Labute approximate surface area is 78.8 Å². The van der Waals surface area contributed by atoms with Crippen molar-refractivity contribution in [2.24, 2.45) is 0 Å². The van der Waals surface area contributed by atoms with Crippen LogP contribution in [-0.2, 0) is 4.79 Å². The summed E-state index contributed by atoms with van der Waals surface area (Å²) in [5, 5.41) is 0. The monoisotopic (exact) mass is 172 g/mol. The van der Waals surface area contributed by atoms with Crippen LogP contribution in [0.25, 0.3) is 0 Å². The summed E-state index contributed by atoms with van der Waals surface area (Å²) in [5.74, 6) is 5.39. The van der Waals surface area contributed by atoms with Crippen LogP contribution in [0.15, 0.2) is 24.3 Å². The van der Waals surface area contributed by atoms with E-state index in [2.05, 4.69) is 11.8 Å². The van der Waals surface area contributed by atoms with E-state index in [0.717, 1.165) is 5.56 Å². The summed E-state index contributed by atoms with van der Waals surface area (Å²) >= 11 is 0. The zero-order valence-electron chi connectivity index (χ0n) is 7.92. The maximum absolute atomic E-state index is 10.9. The van der Waals surface area contributed by atoms with Crippen LogP contribution in [0.3, 0.4) is 0 Å². The Hall–Kier alpha value is -1.55. The van der Waals surface area contributed by atoms with E-state index in [4.69, 9.17) is 0 Å². The van der Waals surface area contributed by atoms with Gasteiger partial charge in [-0.2, -0.15) is 0 Å². The van der Waals surface area contributed by atoms with E-state index >= 15 is 0 Å². The molecule has 0 amide bonds. The first kappa shape index (κ1) is 9.54. The molecule has 0 fully saturated rings. The molecule has 1 aromatic rings. The van der Waals surface area contributed by atoms with Crippen LogP contribution in [0.4, 0.5) is 0 Å². The number of aryl methyl sites for hydroxylation is 1. The van der Waals surface area contributed by atoms with Gasteiger partial charge in [-0.25, -0.2) is 0 Å². The topological polar surface area (TPSA) is 17.1 Å². The number of benzene rings is 1. The second kappa shape index (κ2) is 4.47. The van der Waals surface area contributed by atoms with Crippen molar-refractivity contribution in [3.63, 3.8) is 0 Å². The number of carbonyl (C=O) groups excluding carboxylic acids is 1. The van der Waals surface area contributed by atoms with Crippen molar-refractivity contribution in [3.05, 3.63) is 35.4 Å². The second-order valence-electron chi connectivity index (χ2n) is 2.89. The summed E-state index contributed by atoms with van der Waals surface area (Å²) in [6.45, 7) is 3.83. The standard InChI is InChI=1S/C12H12O/c1-3-12(13)9-8-11-6-4-10(2)5-7-11/h4-7H,3H2,1-2H3. The first-order chi connectivity index (χ1) is 6.22. The van der Waals surface area contributed by atoms with E-state index in [9.17, 15) is 4.79 Å². The van der Waals surface area contributed by atoms with Crippen LogP contribution in [0.2, 0.25) is 0 Å². The molecule has 0 aliphatic heterocycles. The van der Waals surface area contributed by atoms with Gasteiger partial charge in [-0.05, 0) is 25.0 Å². The molecule has 0 aromatic heterocycles. The fourth-order valence-corrected chi connectivity index (χ4v) is 0.867. The molecule has 0 aliphatic rings. The molecule has 0 N–H and O–H groups in total. The first-order valence-corrected chi connectivity index (χ1v) is 4.34.